The van der Waals surface area contributed by atoms with Crippen molar-refractivity contribution in [2.45, 2.75) is 38.3 Å². The molecule has 0 aliphatic carbocycles. The maximum Gasteiger partial charge on any atom is 0.177 e. The van der Waals surface area contributed by atoms with E-state index < -0.39 is 0 Å². The van der Waals surface area contributed by atoms with E-state index in [1.807, 2.05) is 25.3 Å². The number of hydrogen-bond acceptors (Lipinski definition) is 7. The molecule has 0 atom stereocenters. The van der Waals surface area contributed by atoms with Crippen LogP contribution in [0.4, 0.5) is 4.39 Å². The molecule has 0 unspecified atom stereocenters. The maximum atomic E-state index is 13.9. The smallest absolute Gasteiger partial charge is 0.177 e. The van der Waals surface area contributed by atoms with Gasteiger partial charge in [0.05, 0.1) is 18.5 Å². The average molecular weight is 456 g/mol. The molecule has 0 saturated carbocycles. The summed E-state index contributed by atoms with van der Waals surface area (Å²) in [5.41, 5.74) is 3.78. The lowest BCUT2D eigenvalue weighted by atomic mass is 9.85. The summed E-state index contributed by atoms with van der Waals surface area (Å²) in [6, 6.07) is 5.48. The second-order valence-corrected chi connectivity index (χ2v) is 9.29. The van der Waals surface area contributed by atoms with Gasteiger partial charge in [-0.3, -0.25) is 4.90 Å². The molecule has 0 amide bonds. The van der Waals surface area contributed by atoms with Crippen molar-refractivity contribution in [3.63, 3.8) is 0 Å². The van der Waals surface area contributed by atoms with Crippen LogP contribution in [0.15, 0.2) is 35.7 Å². The Bertz CT molecular complexity index is 1130. The summed E-state index contributed by atoms with van der Waals surface area (Å²) < 4.78 is 21.9. The lowest BCUT2D eigenvalue weighted by molar-refractivity contribution is -0.0960. The number of aromatic nitrogens is 3. The van der Waals surface area contributed by atoms with Gasteiger partial charge >= 0.3 is 0 Å². The van der Waals surface area contributed by atoms with Crippen LogP contribution in [-0.4, -0.2) is 52.7 Å². The van der Waals surface area contributed by atoms with Crippen LogP contribution in [-0.2, 0) is 28.1 Å². The molecule has 9 heteroatoms. The third-order valence-corrected chi connectivity index (χ3v) is 7.48. The van der Waals surface area contributed by atoms with Gasteiger partial charge in [0, 0.05) is 48.0 Å². The van der Waals surface area contributed by atoms with Gasteiger partial charge in [0.2, 0.25) is 0 Å². The van der Waals surface area contributed by atoms with Gasteiger partial charge < -0.3 is 9.57 Å². The Morgan fingerprint density at radius 3 is 3.03 bits per heavy atom. The first kappa shape index (κ1) is 21.2. The molecule has 5 heterocycles. The van der Waals surface area contributed by atoms with Crippen molar-refractivity contribution >= 4 is 17.6 Å². The van der Waals surface area contributed by atoms with Crippen molar-refractivity contribution in [3.05, 3.63) is 63.0 Å². The second-order valence-electron chi connectivity index (χ2n) is 8.29. The van der Waals surface area contributed by atoms with Crippen molar-refractivity contribution in [1.29, 1.82) is 0 Å². The first-order valence-corrected chi connectivity index (χ1v) is 11.6. The zero-order valence-corrected chi connectivity index (χ0v) is 19.1. The predicted molar refractivity (Wildman–Crippen MR) is 121 cm³/mol. The van der Waals surface area contributed by atoms with Gasteiger partial charge in [-0.25, -0.2) is 9.67 Å². The lowest BCUT2D eigenvalue weighted by Crippen LogP contribution is -2.45. The summed E-state index contributed by atoms with van der Waals surface area (Å²) >= 11 is 1.26. The Labute approximate surface area is 190 Å². The van der Waals surface area contributed by atoms with Gasteiger partial charge in [-0.1, -0.05) is 5.16 Å². The molecule has 0 bridgehead atoms. The molecule has 32 heavy (non-hydrogen) atoms. The number of halogens is 1. The molecule has 7 nitrogen and oxygen atoms in total. The van der Waals surface area contributed by atoms with Crippen LogP contribution in [0.5, 0.6) is 0 Å². The molecule has 1 saturated heterocycles. The monoisotopic (exact) mass is 455 g/mol. The highest BCUT2D eigenvalue weighted by atomic mass is 32.1. The van der Waals surface area contributed by atoms with Gasteiger partial charge in [0.1, 0.15) is 12.7 Å². The van der Waals surface area contributed by atoms with Gasteiger partial charge in [-0.2, -0.15) is 9.49 Å². The number of rotatable bonds is 5. The van der Waals surface area contributed by atoms with Gasteiger partial charge in [0.15, 0.2) is 10.9 Å². The minimum Gasteiger partial charge on any atom is -0.399 e. The number of oxime groups is 1. The summed E-state index contributed by atoms with van der Waals surface area (Å²) in [5.74, 6) is 0.711. The highest BCUT2D eigenvalue weighted by Crippen LogP contribution is 2.45. The number of nitrogens with zero attached hydrogens (tertiary/aromatic N) is 5. The van der Waals surface area contributed by atoms with E-state index in [2.05, 4.69) is 15.0 Å². The fourth-order valence-electron chi connectivity index (χ4n) is 4.64. The third-order valence-electron chi connectivity index (χ3n) is 6.33. The molecule has 1 spiro atoms. The predicted octanol–water partition coefficient (Wildman–Crippen LogP) is 3.82. The molecule has 0 N–H and O–H groups in total. The minimum absolute atomic E-state index is 0.102. The summed E-state index contributed by atoms with van der Waals surface area (Å²) in [6.07, 6.45) is 7.98. The SMILES string of the molecule is CO/N=C/c1cccnc1-n1cc(CN2CCC3(CC2)OCCc2cc(F)sc23)c(C)n1. The van der Waals surface area contributed by atoms with E-state index in [0.29, 0.717) is 12.4 Å². The fraction of sp³-hybridized carbons (Fsp3) is 0.435. The van der Waals surface area contributed by atoms with Crippen LogP contribution in [0.25, 0.3) is 5.82 Å². The normalized spacial score (nSPS) is 18.3. The number of fused-ring (bicyclic) bond motifs is 2. The molecule has 0 radical (unpaired) electrons. The number of ether oxygens (including phenoxy) is 1. The van der Waals surface area contributed by atoms with E-state index in [4.69, 9.17) is 14.7 Å². The minimum atomic E-state index is -0.318. The number of piperidine rings is 1. The van der Waals surface area contributed by atoms with E-state index >= 15 is 0 Å². The summed E-state index contributed by atoms with van der Waals surface area (Å²) in [5, 5.41) is 8.45. The number of aryl methyl sites for hydroxylation is 1. The first-order valence-electron chi connectivity index (χ1n) is 10.8. The van der Waals surface area contributed by atoms with Crippen molar-refractivity contribution in [2.24, 2.45) is 5.16 Å². The summed E-state index contributed by atoms with van der Waals surface area (Å²) in [4.78, 5) is 12.8. The van der Waals surface area contributed by atoms with Crippen LogP contribution in [0, 0.1) is 12.1 Å². The van der Waals surface area contributed by atoms with Gasteiger partial charge in [0.25, 0.3) is 0 Å². The second kappa shape index (κ2) is 8.73. The molecule has 1 fully saturated rings. The van der Waals surface area contributed by atoms with Crippen molar-refractivity contribution in [2.75, 3.05) is 26.8 Å². The Kier molecular flexibility index (Phi) is 5.79. The Morgan fingerprint density at radius 2 is 2.22 bits per heavy atom. The number of thiophene rings is 1. The Balaban J connectivity index is 1.30. The topological polar surface area (TPSA) is 64.8 Å². The Morgan fingerprint density at radius 1 is 1.38 bits per heavy atom. The van der Waals surface area contributed by atoms with E-state index in [9.17, 15) is 4.39 Å². The molecular formula is C23H26FN5O2S. The fourth-order valence-corrected chi connectivity index (χ4v) is 5.78. The van der Waals surface area contributed by atoms with Crippen LogP contribution in [0.3, 0.4) is 0 Å². The molecule has 3 aromatic heterocycles. The zero-order chi connectivity index (χ0) is 22.1. The van der Waals surface area contributed by atoms with Gasteiger partial charge in [-0.05, 0) is 49.9 Å². The number of hydrogen-bond donors (Lipinski definition) is 0. The number of likely N-dealkylation sites (tertiary alicyclic amines) is 1. The third kappa shape index (κ3) is 3.96. The standard InChI is InChI=1S/C23H26FN5O2S/c1-16-19(15-29(27-16)22-18(13-26-30-2)4-3-8-25-22)14-28-9-6-23(7-10-28)21-17(5-11-31-23)12-20(24)32-21/h3-4,8,12-13,15H,5-7,9-11,14H2,1-2H3/b26-13+. The molecule has 0 aromatic carbocycles. The molecular weight excluding hydrogens is 429 g/mol. The van der Waals surface area contributed by atoms with E-state index in [-0.39, 0.29) is 10.7 Å². The largest absolute Gasteiger partial charge is 0.399 e. The van der Waals surface area contributed by atoms with Crippen LogP contribution >= 0.6 is 11.3 Å². The zero-order valence-electron chi connectivity index (χ0n) is 18.3. The lowest BCUT2D eigenvalue weighted by Gasteiger charge is -2.43. The summed E-state index contributed by atoms with van der Waals surface area (Å²) in [6.45, 7) is 5.31. The quantitative estimate of drug-likeness (QED) is 0.432. The van der Waals surface area contributed by atoms with Crippen LogP contribution < -0.4 is 0 Å². The molecule has 3 aromatic rings. The van der Waals surface area contributed by atoms with Crippen molar-refractivity contribution in [1.82, 2.24) is 19.7 Å². The highest BCUT2D eigenvalue weighted by molar-refractivity contribution is 7.10. The van der Waals surface area contributed by atoms with E-state index in [1.54, 1.807) is 23.2 Å². The summed E-state index contributed by atoms with van der Waals surface area (Å²) in [7, 11) is 1.51. The molecule has 5 rings (SSSR count). The van der Waals surface area contributed by atoms with Crippen LogP contribution in [0.1, 0.15) is 40.1 Å². The van der Waals surface area contributed by atoms with Crippen molar-refractivity contribution < 1.29 is 14.0 Å². The molecule has 168 valence electrons. The molecule has 2 aliphatic heterocycles. The van der Waals surface area contributed by atoms with Crippen LogP contribution in [0.2, 0.25) is 0 Å². The van der Waals surface area contributed by atoms with Gasteiger partial charge in [-0.15, -0.1) is 11.3 Å². The van der Waals surface area contributed by atoms with E-state index in [0.717, 1.165) is 66.2 Å². The first-order chi connectivity index (χ1) is 15.6. The molecule has 2 aliphatic rings. The highest BCUT2D eigenvalue weighted by Gasteiger charge is 2.42. The van der Waals surface area contributed by atoms with Crippen molar-refractivity contribution in [3.8, 4) is 5.82 Å². The van der Waals surface area contributed by atoms with E-state index in [1.165, 1.54) is 18.4 Å². The maximum absolute atomic E-state index is 13.9. The Hall–Kier alpha value is -2.62. The number of pyridine rings is 1. The average Bonchev–Trinajstić information content (AvgIpc) is 3.37.